The van der Waals surface area contributed by atoms with Crippen LogP contribution in [-0.2, 0) is 0 Å². The van der Waals surface area contributed by atoms with Crippen molar-refractivity contribution in [1.82, 2.24) is 21.3 Å². The molecule has 5 unspecified atom stereocenters. The van der Waals surface area contributed by atoms with Crippen molar-refractivity contribution >= 4 is 0 Å². The Balaban J connectivity index is 1.35. The van der Waals surface area contributed by atoms with Crippen LogP contribution in [0.4, 0.5) is 0 Å². The first-order valence-corrected chi connectivity index (χ1v) is 10.3. The molecule has 4 N–H and O–H groups in total. The Hall–Kier alpha value is -0.840. The van der Waals surface area contributed by atoms with Gasteiger partial charge in [-0.05, 0) is 57.6 Å². The SMILES string of the molecule is C1=CCNC(C2CCCC(C3CCCC(C4CCCCN4)N3)N2)=C1. The number of piperidine rings is 3. The van der Waals surface area contributed by atoms with Crippen molar-refractivity contribution in [1.29, 1.82) is 0 Å². The van der Waals surface area contributed by atoms with Crippen molar-refractivity contribution in [2.45, 2.75) is 88.0 Å². The molecule has 5 atom stereocenters. The Labute approximate surface area is 146 Å². The summed E-state index contributed by atoms with van der Waals surface area (Å²) in [7, 11) is 0. The van der Waals surface area contributed by atoms with Crippen molar-refractivity contribution in [2.75, 3.05) is 13.1 Å². The van der Waals surface area contributed by atoms with Gasteiger partial charge in [0.25, 0.3) is 0 Å². The molecule has 4 aliphatic heterocycles. The fourth-order valence-corrected chi connectivity index (χ4v) is 5.10. The summed E-state index contributed by atoms with van der Waals surface area (Å²) in [6, 6.07) is 3.18. The van der Waals surface area contributed by atoms with Gasteiger partial charge in [0.1, 0.15) is 0 Å². The maximum absolute atomic E-state index is 4.04. The van der Waals surface area contributed by atoms with Crippen molar-refractivity contribution in [3.8, 4) is 0 Å². The second kappa shape index (κ2) is 8.03. The standard InChI is InChI=1S/C20H34N4/c1-3-13-21-15(7-1)17-9-5-11-19(23-17)20-12-6-10-18(24-20)16-8-2-4-14-22-16/h1,3,7,16-24H,2,4-6,8-14H2. The topological polar surface area (TPSA) is 48.1 Å². The molecule has 4 aliphatic rings. The number of hydrogen-bond donors (Lipinski definition) is 4. The number of allylic oxidation sites excluding steroid dienone is 2. The van der Waals surface area contributed by atoms with Gasteiger partial charge in [-0.3, -0.25) is 0 Å². The smallest absolute Gasteiger partial charge is 0.0472 e. The Morgan fingerprint density at radius 1 is 0.750 bits per heavy atom. The summed E-state index contributed by atoms with van der Waals surface area (Å²) >= 11 is 0. The Kier molecular flexibility index (Phi) is 5.56. The summed E-state index contributed by atoms with van der Waals surface area (Å²) in [5.74, 6) is 0. The van der Waals surface area contributed by atoms with Gasteiger partial charge in [0.15, 0.2) is 0 Å². The molecule has 0 aromatic carbocycles. The van der Waals surface area contributed by atoms with E-state index in [9.17, 15) is 0 Å². The van der Waals surface area contributed by atoms with Gasteiger partial charge in [0, 0.05) is 42.5 Å². The van der Waals surface area contributed by atoms with E-state index in [-0.39, 0.29) is 0 Å². The zero-order valence-electron chi connectivity index (χ0n) is 14.9. The lowest BCUT2D eigenvalue weighted by molar-refractivity contribution is 0.185. The van der Waals surface area contributed by atoms with Crippen LogP contribution >= 0.6 is 0 Å². The van der Waals surface area contributed by atoms with E-state index >= 15 is 0 Å². The molecule has 0 aromatic heterocycles. The van der Waals surface area contributed by atoms with Gasteiger partial charge in [-0.25, -0.2) is 0 Å². The molecule has 0 amide bonds. The molecule has 0 radical (unpaired) electrons. The third-order valence-electron chi connectivity index (χ3n) is 6.41. The van der Waals surface area contributed by atoms with Crippen molar-refractivity contribution in [2.24, 2.45) is 0 Å². The maximum Gasteiger partial charge on any atom is 0.0472 e. The molecule has 4 nitrogen and oxygen atoms in total. The fraction of sp³-hybridized carbons (Fsp3) is 0.800. The zero-order valence-corrected chi connectivity index (χ0v) is 14.9. The summed E-state index contributed by atoms with van der Waals surface area (Å²) in [5.41, 5.74) is 1.39. The van der Waals surface area contributed by atoms with Crippen LogP contribution in [0.15, 0.2) is 23.9 Å². The molecular formula is C20H34N4. The van der Waals surface area contributed by atoms with Crippen LogP contribution in [0.1, 0.15) is 57.8 Å². The van der Waals surface area contributed by atoms with Gasteiger partial charge in [-0.1, -0.05) is 25.0 Å². The number of hydrogen-bond acceptors (Lipinski definition) is 4. The fourth-order valence-electron chi connectivity index (χ4n) is 5.10. The molecule has 4 heteroatoms. The number of nitrogens with one attached hydrogen (secondary N) is 4. The van der Waals surface area contributed by atoms with Gasteiger partial charge in [0.2, 0.25) is 0 Å². The van der Waals surface area contributed by atoms with E-state index in [1.54, 1.807) is 0 Å². The predicted molar refractivity (Wildman–Crippen MR) is 100.0 cm³/mol. The van der Waals surface area contributed by atoms with Crippen LogP contribution in [0, 0.1) is 0 Å². The lowest BCUT2D eigenvalue weighted by atomic mass is 9.84. The second-order valence-electron chi connectivity index (χ2n) is 8.05. The minimum absolute atomic E-state index is 0.517. The van der Waals surface area contributed by atoms with Crippen molar-refractivity contribution in [3.05, 3.63) is 23.9 Å². The summed E-state index contributed by atoms with van der Waals surface area (Å²) in [5, 5.41) is 15.3. The van der Waals surface area contributed by atoms with Crippen LogP contribution in [0.3, 0.4) is 0 Å². The molecule has 0 aliphatic carbocycles. The zero-order chi connectivity index (χ0) is 16.2. The predicted octanol–water partition coefficient (Wildman–Crippen LogP) is 2.19. The first-order valence-electron chi connectivity index (χ1n) is 10.3. The lowest BCUT2D eigenvalue weighted by Crippen LogP contribution is -2.62. The molecule has 0 bridgehead atoms. The minimum atomic E-state index is 0.517. The first kappa shape index (κ1) is 16.6. The van der Waals surface area contributed by atoms with E-state index in [0.717, 1.165) is 6.54 Å². The third kappa shape index (κ3) is 3.87. The van der Waals surface area contributed by atoms with Crippen LogP contribution in [0.2, 0.25) is 0 Å². The van der Waals surface area contributed by atoms with Gasteiger partial charge >= 0.3 is 0 Å². The first-order chi connectivity index (χ1) is 11.9. The average Bonchev–Trinajstić information content (AvgIpc) is 2.70. The molecule has 4 heterocycles. The number of dihydropyridines is 1. The molecule has 24 heavy (non-hydrogen) atoms. The minimum Gasteiger partial charge on any atom is -0.384 e. The second-order valence-corrected chi connectivity index (χ2v) is 8.05. The molecule has 0 saturated carbocycles. The highest BCUT2D eigenvalue weighted by molar-refractivity contribution is 5.22. The summed E-state index contributed by atoms with van der Waals surface area (Å²) < 4.78 is 0. The third-order valence-corrected chi connectivity index (χ3v) is 6.41. The molecule has 4 rings (SSSR count). The Morgan fingerprint density at radius 3 is 2.25 bits per heavy atom. The molecule has 3 saturated heterocycles. The molecule has 0 aromatic rings. The van der Waals surface area contributed by atoms with Crippen molar-refractivity contribution in [3.63, 3.8) is 0 Å². The molecule has 134 valence electrons. The maximum atomic E-state index is 4.04. The summed E-state index contributed by atoms with van der Waals surface area (Å²) in [6.07, 6.45) is 18.7. The molecular weight excluding hydrogens is 296 g/mol. The largest absolute Gasteiger partial charge is 0.384 e. The van der Waals surface area contributed by atoms with E-state index < -0.39 is 0 Å². The normalized spacial score (nSPS) is 40.7. The summed E-state index contributed by atoms with van der Waals surface area (Å²) in [6.45, 7) is 2.19. The quantitative estimate of drug-likeness (QED) is 0.641. The van der Waals surface area contributed by atoms with Gasteiger partial charge < -0.3 is 21.3 Å². The van der Waals surface area contributed by atoms with Gasteiger partial charge in [-0.2, -0.15) is 0 Å². The molecule has 0 spiro atoms. The average molecular weight is 331 g/mol. The highest BCUT2D eigenvalue weighted by Crippen LogP contribution is 2.26. The van der Waals surface area contributed by atoms with Crippen LogP contribution in [0.5, 0.6) is 0 Å². The van der Waals surface area contributed by atoms with E-state index in [1.165, 1.54) is 70.0 Å². The van der Waals surface area contributed by atoms with Crippen LogP contribution < -0.4 is 21.3 Å². The summed E-state index contributed by atoms with van der Waals surface area (Å²) in [4.78, 5) is 0. The van der Waals surface area contributed by atoms with E-state index in [0.29, 0.717) is 30.2 Å². The molecule has 3 fully saturated rings. The van der Waals surface area contributed by atoms with Crippen LogP contribution in [0.25, 0.3) is 0 Å². The van der Waals surface area contributed by atoms with Gasteiger partial charge in [0.05, 0.1) is 0 Å². The van der Waals surface area contributed by atoms with Crippen molar-refractivity contribution < 1.29 is 0 Å². The van der Waals surface area contributed by atoms with E-state index in [4.69, 9.17) is 0 Å². The number of rotatable bonds is 3. The van der Waals surface area contributed by atoms with E-state index in [1.807, 2.05) is 0 Å². The monoisotopic (exact) mass is 330 g/mol. The van der Waals surface area contributed by atoms with Gasteiger partial charge in [-0.15, -0.1) is 0 Å². The Morgan fingerprint density at radius 2 is 1.50 bits per heavy atom. The van der Waals surface area contributed by atoms with Crippen LogP contribution in [-0.4, -0.2) is 43.3 Å². The lowest BCUT2D eigenvalue weighted by Gasteiger charge is -2.44. The highest BCUT2D eigenvalue weighted by atomic mass is 15.1. The highest BCUT2D eigenvalue weighted by Gasteiger charge is 2.34. The Bertz CT molecular complexity index is 466. The van der Waals surface area contributed by atoms with E-state index in [2.05, 4.69) is 39.5 Å².